The largest absolute Gasteiger partial charge is 0.481 e. The van der Waals surface area contributed by atoms with Gasteiger partial charge in [-0.1, -0.05) is 51.1 Å². The second-order valence-corrected chi connectivity index (χ2v) is 13.4. The molecular weight excluding hydrogens is 468 g/mol. The fourth-order valence-corrected chi connectivity index (χ4v) is 9.76. The maximum Gasteiger partial charge on any atom is 0.303 e. The molecule has 204 valence electrons. The van der Waals surface area contributed by atoms with Crippen LogP contribution in [-0.2, 0) is 4.79 Å². The summed E-state index contributed by atoms with van der Waals surface area (Å²) in [5.41, 5.74) is -1.37. The molecule has 0 heterocycles. The molecule has 4 saturated carbocycles. The molecule has 5 rings (SSSR count). The molecular formula is C31H44O6. The Hall–Kier alpha value is -1.76. The van der Waals surface area contributed by atoms with Crippen molar-refractivity contribution in [1.82, 2.24) is 0 Å². The summed E-state index contributed by atoms with van der Waals surface area (Å²) >= 11 is 0. The summed E-state index contributed by atoms with van der Waals surface area (Å²) in [6.07, 6.45) is 4.28. The van der Waals surface area contributed by atoms with Crippen LogP contribution in [0.15, 0.2) is 30.3 Å². The quantitative estimate of drug-likeness (QED) is 0.411. The van der Waals surface area contributed by atoms with Gasteiger partial charge in [0.2, 0.25) is 0 Å². The summed E-state index contributed by atoms with van der Waals surface area (Å²) in [7, 11) is 0. The molecule has 0 bridgehead atoms. The van der Waals surface area contributed by atoms with Gasteiger partial charge in [-0.15, -0.1) is 0 Å². The fourth-order valence-electron chi connectivity index (χ4n) is 9.76. The van der Waals surface area contributed by atoms with Crippen molar-refractivity contribution in [3.63, 3.8) is 0 Å². The second-order valence-electron chi connectivity index (χ2n) is 13.4. The number of hydrogen-bond acceptors (Lipinski definition) is 5. The lowest BCUT2D eigenvalue weighted by Gasteiger charge is -2.64. The van der Waals surface area contributed by atoms with E-state index < -0.39 is 23.8 Å². The van der Waals surface area contributed by atoms with Crippen molar-refractivity contribution < 1.29 is 30.0 Å². The molecule has 1 aromatic carbocycles. The van der Waals surface area contributed by atoms with Crippen LogP contribution in [0.4, 0.5) is 0 Å². The Bertz CT molecular complexity index is 1030. The third-order valence-corrected chi connectivity index (χ3v) is 11.9. The lowest BCUT2D eigenvalue weighted by Crippen LogP contribution is -2.63. The molecule has 37 heavy (non-hydrogen) atoms. The highest BCUT2D eigenvalue weighted by Gasteiger charge is 2.66. The molecule has 0 radical (unpaired) electrons. The fraction of sp³-hybridized carbons (Fsp3) is 0.742. The Morgan fingerprint density at radius 3 is 2.41 bits per heavy atom. The van der Waals surface area contributed by atoms with Crippen LogP contribution in [0, 0.1) is 46.3 Å². The van der Waals surface area contributed by atoms with Crippen LogP contribution in [0.3, 0.4) is 0 Å². The molecule has 4 aliphatic rings. The highest BCUT2D eigenvalue weighted by molar-refractivity contribution is 6.02. The molecule has 0 aromatic heterocycles. The van der Waals surface area contributed by atoms with E-state index in [1.807, 2.05) is 18.2 Å². The highest BCUT2D eigenvalue weighted by atomic mass is 16.4. The third kappa shape index (κ3) is 4.18. The number of fused-ring (bicyclic) bond motifs is 5. The van der Waals surface area contributed by atoms with Crippen LogP contribution >= 0.6 is 0 Å². The molecule has 6 nitrogen and oxygen atoms in total. The van der Waals surface area contributed by atoms with E-state index in [-0.39, 0.29) is 58.5 Å². The lowest BCUT2D eigenvalue weighted by molar-refractivity contribution is -0.211. The number of rotatable bonds is 6. The number of aliphatic hydroxyl groups is 3. The number of aliphatic carboxylic acids is 1. The standard InChI is InChI=1S/C31H44O6/c1-18(9-12-26(34)35)21-10-11-22-27-23(16-25(33)30(21,22)3)29(2)13-14-31(37,17-20(29)15-24(27)32)28(36)19-7-5-4-6-8-19/h4-8,18,20-25,27,32-33,37H,9-17H2,1-3H3,(H,34,35)/t18-,20-,21-,22+,23+,24-,25+,27+,29+,30-,31-/m1/s1. The average molecular weight is 513 g/mol. The van der Waals surface area contributed by atoms with E-state index in [2.05, 4.69) is 20.8 Å². The van der Waals surface area contributed by atoms with E-state index in [1.54, 1.807) is 12.1 Å². The van der Waals surface area contributed by atoms with Crippen molar-refractivity contribution in [2.75, 3.05) is 0 Å². The maximum absolute atomic E-state index is 13.3. The summed E-state index contributed by atoms with van der Waals surface area (Å²) in [5.74, 6) is -0.129. The normalized spacial score (nSPS) is 45.8. The van der Waals surface area contributed by atoms with Gasteiger partial charge in [-0.25, -0.2) is 0 Å². The minimum Gasteiger partial charge on any atom is -0.481 e. The zero-order chi connectivity index (χ0) is 26.8. The van der Waals surface area contributed by atoms with E-state index in [4.69, 9.17) is 0 Å². The smallest absolute Gasteiger partial charge is 0.303 e. The van der Waals surface area contributed by atoms with Gasteiger partial charge in [0.25, 0.3) is 0 Å². The number of carbonyl (C=O) groups excluding carboxylic acids is 1. The SMILES string of the molecule is C[C@H](CCC(=O)O)[C@H]1CC[C@H]2[C@@H]3[C@H](O)C[C@@H]4C[C@@](O)(C(=O)c5ccccc5)CC[C@]4(C)[C@H]3C[C@H](O)[C@]12C. The minimum atomic E-state index is -1.42. The Kier molecular flexibility index (Phi) is 6.86. The Labute approximate surface area is 220 Å². The first kappa shape index (κ1) is 26.8. The molecule has 1 aromatic rings. The maximum atomic E-state index is 13.3. The Morgan fingerprint density at radius 1 is 1.03 bits per heavy atom. The molecule has 4 fully saturated rings. The van der Waals surface area contributed by atoms with Crippen LogP contribution in [0.1, 0.15) is 88.9 Å². The number of carboxylic acids is 1. The summed E-state index contributed by atoms with van der Waals surface area (Å²) in [4.78, 5) is 24.5. The van der Waals surface area contributed by atoms with Gasteiger partial charge >= 0.3 is 5.97 Å². The average Bonchev–Trinajstić information content (AvgIpc) is 3.23. The van der Waals surface area contributed by atoms with Crippen molar-refractivity contribution in [3.8, 4) is 0 Å². The molecule has 11 atom stereocenters. The first-order valence-electron chi connectivity index (χ1n) is 14.3. The number of Topliss-reactive ketones (excluding diaryl/α,β-unsaturated/α-hetero) is 1. The number of benzene rings is 1. The Balaban J connectivity index is 1.39. The molecule has 0 aliphatic heterocycles. The number of carbonyl (C=O) groups is 2. The van der Waals surface area contributed by atoms with E-state index >= 15 is 0 Å². The molecule has 0 spiro atoms. The number of hydrogen-bond donors (Lipinski definition) is 4. The molecule has 0 amide bonds. The van der Waals surface area contributed by atoms with Gasteiger partial charge in [-0.05, 0) is 97.7 Å². The van der Waals surface area contributed by atoms with E-state index in [9.17, 15) is 30.0 Å². The number of aliphatic hydroxyl groups excluding tert-OH is 2. The van der Waals surface area contributed by atoms with Crippen LogP contribution in [0.2, 0.25) is 0 Å². The van der Waals surface area contributed by atoms with Crippen molar-refractivity contribution in [2.24, 2.45) is 46.3 Å². The van der Waals surface area contributed by atoms with Gasteiger partial charge in [0.1, 0.15) is 5.60 Å². The summed E-state index contributed by atoms with van der Waals surface area (Å²) < 4.78 is 0. The molecule has 4 aliphatic carbocycles. The molecule has 0 unspecified atom stereocenters. The van der Waals surface area contributed by atoms with Crippen LogP contribution in [0.5, 0.6) is 0 Å². The number of carboxylic acid groups (broad SMARTS) is 1. The van der Waals surface area contributed by atoms with Crippen molar-refractivity contribution in [1.29, 1.82) is 0 Å². The summed E-state index contributed by atoms with van der Waals surface area (Å²) in [6.45, 7) is 6.58. The van der Waals surface area contributed by atoms with Gasteiger partial charge in [0.15, 0.2) is 5.78 Å². The zero-order valence-corrected chi connectivity index (χ0v) is 22.5. The van der Waals surface area contributed by atoms with E-state index in [1.165, 1.54) is 0 Å². The first-order valence-corrected chi connectivity index (χ1v) is 14.3. The highest BCUT2D eigenvalue weighted by Crippen LogP contribution is 2.69. The first-order chi connectivity index (χ1) is 17.4. The molecule has 4 N–H and O–H groups in total. The molecule has 0 saturated heterocycles. The van der Waals surface area contributed by atoms with Gasteiger partial charge in [-0.3, -0.25) is 9.59 Å². The third-order valence-electron chi connectivity index (χ3n) is 11.9. The predicted octanol–water partition coefficient (Wildman–Crippen LogP) is 4.70. The van der Waals surface area contributed by atoms with Crippen LogP contribution in [0.25, 0.3) is 0 Å². The van der Waals surface area contributed by atoms with Gasteiger partial charge in [-0.2, -0.15) is 0 Å². The van der Waals surface area contributed by atoms with Crippen molar-refractivity contribution in [3.05, 3.63) is 35.9 Å². The van der Waals surface area contributed by atoms with Gasteiger partial charge in [0.05, 0.1) is 12.2 Å². The van der Waals surface area contributed by atoms with Crippen LogP contribution < -0.4 is 0 Å². The van der Waals surface area contributed by atoms with Gasteiger partial charge < -0.3 is 20.4 Å². The minimum absolute atomic E-state index is 0.0124. The van der Waals surface area contributed by atoms with Crippen LogP contribution in [-0.4, -0.2) is 50.0 Å². The topological polar surface area (TPSA) is 115 Å². The lowest BCUT2D eigenvalue weighted by atomic mass is 9.42. The van der Waals surface area contributed by atoms with E-state index in [0.717, 1.165) is 12.8 Å². The predicted molar refractivity (Wildman–Crippen MR) is 140 cm³/mol. The number of ketones is 1. The summed E-state index contributed by atoms with van der Waals surface area (Å²) in [6, 6.07) is 9.00. The van der Waals surface area contributed by atoms with E-state index in [0.29, 0.717) is 44.1 Å². The molecule has 6 heteroatoms. The van der Waals surface area contributed by atoms with Gasteiger partial charge in [0, 0.05) is 12.0 Å². The monoisotopic (exact) mass is 512 g/mol. The summed E-state index contributed by atoms with van der Waals surface area (Å²) in [5, 5.41) is 44.0. The van der Waals surface area contributed by atoms with Crippen molar-refractivity contribution in [2.45, 2.75) is 96.4 Å². The van der Waals surface area contributed by atoms with Crippen molar-refractivity contribution >= 4 is 11.8 Å². The Morgan fingerprint density at radius 2 is 1.73 bits per heavy atom. The second kappa shape index (κ2) is 9.46. The zero-order valence-electron chi connectivity index (χ0n) is 22.5.